The monoisotopic (exact) mass is 296 g/mol. The fourth-order valence-corrected chi connectivity index (χ4v) is 2.70. The van der Waals surface area contributed by atoms with Crippen LogP contribution >= 0.6 is 11.6 Å². The molecule has 1 atom stereocenters. The maximum absolute atomic E-state index is 12.2. The van der Waals surface area contributed by atoms with E-state index in [1.165, 1.54) is 7.11 Å². The van der Waals surface area contributed by atoms with Gasteiger partial charge in [0.2, 0.25) is 0 Å². The molecule has 1 aliphatic heterocycles. The van der Waals surface area contributed by atoms with Gasteiger partial charge in [-0.05, 0) is 37.1 Å². The molecule has 1 aromatic carbocycles. The summed E-state index contributed by atoms with van der Waals surface area (Å²) in [6.45, 7) is 5.52. The van der Waals surface area contributed by atoms with Gasteiger partial charge in [-0.15, -0.1) is 0 Å². The van der Waals surface area contributed by atoms with Gasteiger partial charge in [-0.1, -0.05) is 23.7 Å². The van der Waals surface area contributed by atoms with E-state index in [-0.39, 0.29) is 12.0 Å². The van der Waals surface area contributed by atoms with E-state index in [0.29, 0.717) is 5.02 Å². The highest BCUT2D eigenvalue weighted by Gasteiger charge is 2.29. The molecular weight excluding hydrogens is 276 g/mol. The van der Waals surface area contributed by atoms with Crippen molar-refractivity contribution in [1.29, 1.82) is 0 Å². The molecule has 0 bridgehead atoms. The minimum absolute atomic E-state index is 0.230. The van der Waals surface area contributed by atoms with Crippen molar-refractivity contribution in [1.82, 2.24) is 10.2 Å². The van der Waals surface area contributed by atoms with Crippen LogP contribution in [0.3, 0.4) is 0 Å². The Morgan fingerprint density at radius 1 is 1.40 bits per heavy atom. The maximum Gasteiger partial charge on any atom is 0.327 e. The molecule has 110 valence electrons. The molecule has 20 heavy (non-hydrogen) atoms. The topological polar surface area (TPSA) is 41.6 Å². The number of rotatable bonds is 3. The normalized spacial score (nSPS) is 18.4. The lowest BCUT2D eigenvalue weighted by molar-refractivity contribution is -0.147. The van der Waals surface area contributed by atoms with Crippen molar-refractivity contribution in [3.05, 3.63) is 34.3 Å². The van der Waals surface area contributed by atoms with E-state index in [1.54, 1.807) is 0 Å². The molecule has 0 spiro atoms. The first-order valence-corrected chi connectivity index (χ1v) is 7.30. The molecule has 5 heteroatoms. The largest absolute Gasteiger partial charge is 0.468 e. The molecule has 0 aliphatic carbocycles. The summed E-state index contributed by atoms with van der Waals surface area (Å²) in [7, 11) is 1.43. The van der Waals surface area contributed by atoms with Gasteiger partial charge in [0, 0.05) is 24.7 Å². The molecule has 4 nitrogen and oxygen atoms in total. The lowest BCUT2D eigenvalue weighted by atomic mass is 10.0. The second-order valence-electron chi connectivity index (χ2n) is 5.07. The van der Waals surface area contributed by atoms with Crippen molar-refractivity contribution < 1.29 is 9.53 Å². The number of nitrogens with one attached hydrogen (secondary N) is 1. The third-order valence-electron chi connectivity index (χ3n) is 3.68. The maximum atomic E-state index is 12.2. The Hall–Kier alpha value is -1.10. The summed E-state index contributed by atoms with van der Waals surface area (Å²) in [5.74, 6) is -0.230. The zero-order chi connectivity index (χ0) is 14.5. The highest BCUT2D eigenvalue weighted by molar-refractivity contribution is 6.31. The molecule has 0 aromatic heterocycles. The number of halogens is 1. The van der Waals surface area contributed by atoms with E-state index in [1.807, 2.05) is 25.1 Å². The van der Waals surface area contributed by atoms with Gasteiger partial charge in [-0.2, -0.15) is 0 Å². The summed E-state index contributed by atoms with van der Waals surface area (Å²) < 4.78 is 4.99. The lowest BCUT2D eigenvalue weighted by Crippen LogP contribution is -2.37. The summed E-state index contributed by atoms with van der Waals surface area (Å²) in [6.07, 6.45) is 1.02. The summed E-state index contributed by atoms with van der Waals surface area (Å²) in [6, 6.07) is 5.40. The molecule has 1 aromatic rings. The van der Waals surface area contributed by atoms with Gasteiger partial charge >= 0.3 is 5.97 Å². The molecule has 0 radical (unpaired) electrons. The number of hydrogen-bond donors (Lipinski definition) is 1. The molecule has 1 aliphatic rings. The Labute approximate surface area is 125 Å². The number of carbonyl (C=O) groups is 1. The van der Waals surface area contributed by atoms with E-state index in [2.05, 4.69) is 10.2 Å². The van der Waals surface area contributed by atoms with E-state index < -0.39 is 0 Å². The SMILES string of the molecule is COC(=O)C(c1ccc(C)c(Cl)c1)N1CCCNCC1. The van der Waals surface area contributed by atoms with Crippen LogP contribution in [0.25, 0.3) is 0 Å². The van der Waals surface area contributed by atoms with Crippen LogP contribution in [0.4, 0.5) is 0 Å². The van der Waals surface area contributed by atoms with Crippen molar-refractivity contribution in [3.8, 4) is 0 Å². The number of hydrogen-bond acceptors (Lipinski definition) is 4. The van der Waals surface area contributed by atoms with Crippen LogP contribution in [0.2, 0.25) is 5.02 Å². The van der Waals surface area contributed by atoms with Gasteiger partial charge in [0.15, 0.2) is 0 Å². The molecule has 1 unspecified atom stereocenters. The Balaban J connectivity index is 2.30. The van der Waals surface area contributed by atoms with E-state index in [4.69, 9.17) is 16.3 Å². The third-order valence-corrected chi connectivity index (χ3v) is 4.08. The highest BCUT2D eigenvalue weighted by atomic mass is 35.5. The van der Waals surface area contributed by atoms with Gasteiger partial charge in [-0.3, -0.25) is 4.90 Å². The van der Waals surface area contributed by atoms with Gasteiger partial charge in [0.1, 0.15) is 6.04 Å². The molecule has 2 rings (SSSR count). The van der Waals surface area contributed by atoms with Gasteiger partial charge in [0.05, 0.1) is 7.11 Å². The fourth-order valence-electron chi connectivity index (χ4n) is 2.51. The first-order valence-electron chi connectivity index (χ1n) is 6.92. The van der Waals surface area contributed by atoms with E-state index >= 15 is 0 Å². The Kier molecular flexibility index (Phi) is 5.40. The van der Waals surface area contributed by atoms with Crippen LogP contribution in [-0.2, 0) is 9.53 Å². The first-order chi connectivity index (χ1) is 9.63. The van der Waals surface area contributed by atoms with Crippen LogP contribution in [0.15, 0.2) is 18.2 Å². The first kappa shape index (κ1) is 15.3. The second-order valence-corrected chi connectivity index (χ2v) is 5.48. The summed E-state index contributed by atoms with van der Waals surface area (Å²) in [5, 5.41) is 4.03. The van der Waals surface area contributed by atoms with Crippen LogP contribution in [0.1, 0.15) is 23.6 Å². The van der Waals surface area contributed by atoms with Crippen molar-refractivity contribution in [3.63, 3.8) is 0 Å². The van der Waals surface area contributed by atoms with Crippen molar-refractivity contribution in [2.45, 2.75) is 19.4 Å². The predicted molar refractivity (Wildman–Crippen MR) is 80.0 cm³/mol. The lowest BCUT2D eigenvalue weighted by Gasteiger charge is -2.28. The Bertz CT molecular complexity index is 471. The molecule has 1 fully saturated rings. The average Bonchev–Trinajstić information content (AvgIpc) is 2.72. The molecular formula is C15H21ClN2O2. The van der Waals surface area contributed by atoms with Gasteiger partial charge in [-0.25, -0.2) is 4.79 Å². The number of esters is 1. The zero-order valence-corrected chi connectivity index (χ0v) is 12.7. The number of ether oxygens (including phenoxy) is 1. The number of nitrogens with zero attached hydrogens (tertiary/aromatic N) is 1. The quantitative estimate of drug-likeness (QED) is 0.868. The Morgan fingerprint density at radius 2 is 2.20 bits per heavy atom. The van der Waals surface area contributed by atoms with Crippen molar-refractivity contribution >= 4 is 17.6 Å². The van der Waals surface area contributed by atoms with E-state index in [9.17, 15) is 4.79 Å². The van der Waals surface area contributed by atoms with Gasteiger partial charge < -0.3 is 10.1 Å². The van der Waals surface area contributed by atoms with Crippen LogP contribution in [-0.4, -0.2) is 44.2 Å². The number of aryl methyl sites for hydroxylation is 1. The summed E-state index contributed by atoms with van der Waals surface area (Å²) >= 11 is 6.19. The second kappa shape index (κ2) is 7.07. The number of methoxy groups -OCH3 is 1. The summed E-state index contributed by atoms with van der Waals surface area (Å²) in [5.41, 5.74) is 1.91. The number of benzene rings is 1. The van der Waals surface area contributed by atoms with Crippen molar-refractivity contribution in [2.24, 2.45) is 0 Å². The summed E-state index contributed by atoms with van der Waals surface area (Å²) in [4.78, 5) is 14.4. The molecule has 0 saturated carbocycles. The predicted octanol–water partition coefficient (Wildman–Crippen LogP) is 2.16. The van der Waals surface area contributed by atoms with Gasteiger partial charge in [0.25, 0.3) is 0 Å². The molecule has 1 N–H and O–H groups in total. The van der Waals surface area contributed by atoms with Crippen LogP contribution in [0.5, 0.6) is 0 Å². The van der Waals surface area contributed by atoms with Crippen LogP contribution in [0, 0.1) is 6.92 Å². The fraction of sp³-hybridized carbons (Fsp3) is 0.533. The zero-order valence-electron chi connectivity index (χ0n) is 12.0. The molecule has 0 amide bonds. The number of carbonyl (C=O) groups excluding carboxylic acids is 1. The average molecular weight is 297 g/mol. The molecule has 1 heterocycles. The van der Waals surface area contributed by atoms with Crippen LogP contribution < -0.4 is 5.32 Å². The molecule has 1 saturated heterocycles. The standard InChI is InChI=1S/C15H21ClN2O2/c1-11-4-5-12(10-13(11)16)14(15(19)20-2)18-8-3-6-17-7-9-18/h4-5,10,14,17H,3,6-9H2,1-2H3. The Morgan fingerprint density at radius 3 is 2.90 bits per heavy atom. The minimum atomic E-state index is -0.377. The van der Waals surface area contributed by atoms with E-state index in [0.717, 1.165) is 43.7 Å². The highest BCUT2D eigenvalue weighted by Crippen LogP contribution is 2.27. The third kappa shape index (κ3) is 3.51. The van der Waals surface area contributed by atoms with Crippen molar-refractivity contribution in [2.75, 3.05) is 33.3 Å². The minimum Gasteiger partial charge on any atom is -0.468 e. The smallest absolute Gasteiger partial charge is 0.327 e.